The Labute approximate surface area is 179 Å². The molecule has 4 atom stereocenters. The third-order valence-electron chi connectivity index (χ3n) is 7.55. The van der Waals surface area contributed by atoms with Gasteiger partial charge >= 0.3 is 0 Å². The van der Waals surface area contributed by atoms with Gasteiger partial charge in [-0.15, -0.1) is 0 Å². The van der Waals surface area contributed by atoms with E-state index >= 15 is 0 Å². The molecule has 4 heterocycles. The van der Waals surface area contributed by atoms with Gasteiger partial charge < -0.3 is 5.32 Å². The van der Waals surface area contributed by atoms with Crippen LogP contribution in [0.25, 0.3) is 0 Å². The highest BCUT2D eigenvalue weighted by atomic mass is 19.1. The van der Waals surface area contributed by atoms with Gasteiger partial charge in [-0.3, -0.25) is 19.3 Å². The quantitative estimate of drug-likeness (QED) is 0.760. The first-order valence-corrected chi connectivity index (χ1v) is 10.8. The predicted octanol–water partition coefficient (Wildman–Crippen LogP) is 2.82. The molecule has 158 valence electrons. The fraction of sp³-hybridized carbons (Fsp3) is 0.375. The summed E-state index contributed by atoms with van der Waals surface area (Å²) in [5.74, 6) is -2.69. The zero-order valence-electron chi connectivity index (χ0n) is 17.1. The molecule has 0 aromatic heterocycles. The lowest BCUT2D eigenvalue weighted by atomic mass is 9.75. The monoisotopic (exact) mass is 419 g/mol. The van der Waals surface area contributed by atoms with Crippen LogP contribution in [-0.2, 0) is 26.3 Å². The van der Waals surface area contributed by atoms with Crippen molar-refractivity contribution in [1.82, 2.24) is 4.90 Å². The van der Waals surface area contributed by atoms with Crippen LogP contribution in [0, 0.1) is 17.7 Å². The molecule has 0 unspecified atom stereocenters. The summed E-state index contributed by atoms with van der Waals surface area (Å²) < 4.78 is 13.5. The van der Waals surface area contributed by atoms with Crippen molar-refractivity contribution in [3.05, 3.63) is 59.4 Å². The number of rotatable bonds is 2. The first kappa shape index (κ1) is 18.7. The molecule has 4 aliphatic rings. The van der Waals surface area contributed by atoms with Gasteiger partial charge in [0.2, 0.25) is 17.7 Å². The predicted molar refractivity (Wildman–Crippen MR) is 112 cm³/mol. The zero-order valence-corrected chi connectivity index (χ0v) is 17.1. The largest absolute Gasteiger partial charge is 0.324 e. The maximum absolute atomic E-state index is 13.8. The summed E-state index contributed by atoms with van der Waals surface area (Å²) in [5, 5.41) is 2.99. The summed E-state index contributed by atoms with van der Waals surface area (Å²) in [5.41, 5.74) is 1.79. The lowest BCUT2D eigenvalue weighted by molar-refractivity contribution is -0.135. The minimum Gasteiger partial charge on any atom is -0.324 e. The van der Waals surface area contributed by atoms with Crippen LogP contribution in [0.15, 0.2) is 42.5 Å². The standard InChI is InChI=1S/C24H22FN3O3/c1-2-13-5-10-17-16(12-13)24(23(31)26-17)20-19(18-4-3-11-27(18)24)21(29)28(22(20)30)15-8-6-14(25)7-9-15/h5-10,12,18-20H,2-4,11H2,1H3,(H,26,31)/t18-,19-,20+,24-/m1/s1. The van der Waals surface area contributed by atoms with Crippen molar-refractivity contribution in [2.24, 2.45) is 11.8 Å². The SMILES string of the molecule is CCc1ccc2c(c1)[C@]1(C(=O)N2)[C@@H]2C(=O)N(c3ccc(F)cc3)C(=O)[C@@H]2[C@H]2CCCN21. The van der Waals surface area contributed by atoms with Crippen LogP contribution < -0.4 is 10.2 Å². The maximum atomic E-state index is 13.8. The molecule has 1 spiro atoms. The summed E-state index contributed by atoms with van der Waals surface area (Å²) >= 11 is 0. The molecule has 0 saturated carbocycles. The second-order valence-electron chi connectivity index (χ2n) is 8.85. The van der Waals surface area contributed by atoms with Gasteiger partial charge in [0, 0.05) is 17.3 Å². The number of hydrogen-bond donors (Lipinski definition) is 1. The molecule has 0 bridgehead atoms. The van der Waals surface area contributed by atoms with Gasteiger partial charge in [-0.1, -0.05) is 19.1 Å². The highest BCUT2D eigenvalue weighted by Crippen LogP contribution is 2.60. The van der Waals surface area contributed by atoms with Crippen LogP contribution in [0.1, 0.15) is 30.9 Å². The molecule has 2 aromatic carbocycles. The minimum absolute atomic E-state index is 0.158. The van der Waals surface area contributed by atoms with Gasteiger partial charge in [-0.05, 0) is 61.7 Å². The van der Waals surface area contributed by atoms with Crippen LogP contribution in [0.4, 0.5) is 15.8 Å². The van der Waals surface area contributed by atoms with Gasteiger partial charge in [0.25, 0.3) is 0 Å². The van der Waals surface area contributed by atoms with E-state index in [2.05, 4.69) is 17.1 Å². The van der Waals surface area contributed by atoms with Gasteiger partial charge in [0.05, 0.1) is 17.5 Å². The Balaban J connectivity index is 1.55. The molecule has 4 aliphatic heterocycles. The Morgan fingerprint density at radius 3 is 2.61 bits per heavy atom. The average Bonchev–Trinajstić information content (AvgIpc) is 3.47. The summed E-state index contributed by atoms with van der Waals surface area (Å²) in [4.78, 5) is 44.2. The van der Waals surface area contributed by atoms with Crippen molar-refractivity contribution in [2.45, 2.75) is 37.8 Å². The maximum Gasteiger partial charge on any atom is 0.250 e. The third kappa shape index (κ3) is 2.17. The Morgan fingerprint density at radius 1 is 1.10 bits per heavy atom. The van der Waals surface area contributed by atoms with E-state index in [0.717, 1.165) is 30.4 Å². The smallest absolute Gasteiger partial charge is 0.250 e. The molecule has 6 rings (SSSR count). The van der Waals surface area contributed by atoms with Crippen molar-refractivity contribution in [3.63, 3.8) is 0 Å². The van der Waals surface area contributed by atoms with Crippen molar-refractivity contribution >= 4 is 29.1 Å². The fourth-order valence-corrected chi connectivity index (χ4v) is 6.31. The summed E-state index contributed by atoms with van der Waals surface area (Å²) in [6, 6.07) is 11.1. The van der Waals surface area contributed by atoms with E-state index in [-0.39, 0.29) is 23.8 Å². The van der Waals surface area contributed by atoms with Crippen molar-refractivity contribution in [1.29, 1.82) is 0 Å². The van der Waals surface area contributed by atoms with E-state index in [9.17, 15) is 18.8 Å². The molecule has 6 nitrogen and oxygen atoms in total. The van der Waals surface area contributed by atoms with Crippen molar-refractivity contribution < 1.29 is 18.8 Å². The highest BCUT2D eigenvalue weighted by molar-refractivity contribution is 6.25. The molecule has 3 saturated heterocycles. The second kappa shape index (κ2) is 6.23. The first-order chi connectivity index (χ1) is 15.0. The van der Waals surface area contributed by atoms with Gasteiger partial charge in [0.1, 0.15) is 11.4 Å². The Kier molecular flexibility index (Phi) is 3.76. The van der Waals surface area contributed by atoms with E-state index in [1.54, 1.807) is 0 Å². The number of nitrogens with zero attached hydrogens (tertiary/aromatic N) is 2. The number of amides is 3. The molecular weight excluding hydrogens is 397 g/mol. The number of fused-ring (bicyclic) bond motifs is 7. The van der Waals surface area contributed by atoms with Crippen molar-refractivity contribution in [2.75, 3.05) is 16.8 Å². The third-order valence-corrected chi connectivity index (χ3v) is 7.55. The number of aryl methyl sites for hydroxylation is 1. The van der Waals surface area contributed by atoms with E-state index in [4.69, 9.17) is 0 Å². The van der Waals surface area contributed by atoms with Gasteiger partial charge in [-0.25, -0.2) is 9.29 Å². The Hall–Kier alpha value is -3.06. The molecular formula is C24H22FN3O3. The van der Waals surface area contributed by atoms with E-state index in [1.165, 1.54) is 29.2 Å². The number of halogens is 1. The first-order valence-electron chi connectivity index (χ1n) is 10.8. The van der Waals surface area contributed by atoms with Gasteiger partial charge in [-0.2, -0.15) is 0 Å². The van der Waals surface area contributed by atoms with Crippen LogP contribution in [0.5, 0.6) is 0 Å². The van der Waals surface area contributed by atoms with Gasteiger partial charge in [0.15, 0.2) is 0 Å². The van der Waals surface area contributed by atoms with Crippen molar-refractivity contribution in [3.8, 4) is 0 Å². The molecule has 2 aromatic rings. The molecule has 1 N–H and O–H groups in total. The summed E-state index contributed by atoms with van der Waals surface area (Å²) in [6.07, 6.45) is 2.46. The van der Waals surface area contributed by atoms with E-state index < -0.39 is 23.2 Å². The summed E-state index contributed by atoms with van der Waals surface area (Å²) in [6.45, 7) is 2.73. The fourth-order valence-electron chi connectivity index (χ4n) is 6.31. The lowest BCUT2D eigenvalue weighted by Gasteiger charge is -2.36. The number of anilines is 2. The minimum atomic E-state index is -1.17. The number of nitrogens with one attached hydrogen (secondary N) is 1. The normalized spacial score (nSPS) is 31.4. The van der Waals surface area contributed by atoms with E-state index in [1.807, 2.05) is 18.2 Å². The molecule has 0 radical (unpaired) electrons. The lowest BCUT2D eigenvalue weighted by Crippen LogP contribution is -2.54. The Morgan fingerprint density at radius 2 is 1.87 bits per heavy atom. The van der Waals surface area contributed by atoms with E-state index in [0.29, 0.717) is 17.9 Å². The summed E-state index contributed by atoms with van der Waals surface area (Å²) in [7, 11) is 0. The number of imide groups is 1. The topological polar surface area (TPSA) is 69.7 Å². The average molecular weight is 419 g/mol. The molecule has 7 heteroatoms. The van der Waals surface area contributed by atoms with Crippen LogP contribution in [0.3, 0.4) is 0 Å². The Bertz CT molecular complexity index is 1150. The zero-order chi connectivity index (χ0) is 21.5. The number of benzene rings is 2. The molecule has 31 heavy (non-hydrogen) atoms. The highest BCUT2D eigenvalue weighted by Gasteiger charge is 2.74. The van der Waals surface area contributed by atoms with Crippen LogP contribution >= 0.6 is 0 Å². The molecule has 3 amide bonds. The molecule has 0 aliphatic carbocycles. The molecule has 3 fully saturated rings. The van der Waals surface area contributed by atoms with Crippen LogP contribution in [-0.4, -0.2) is 35.2 Å². The second-order valence-corrected chi connectivity index (χ2v) is 8.85. The number of hydrogen-bond acceptors (Lipinski definition) is 4. The number of carbonyl (C=O) groups is 3. The number of carbonyl (C=O) groups excluding carboxylic acids is 3. The van der Waals surface area contributed by atoms with Crippen LogP contribution in [0.2, 0.25) is 0 Å².